The van der Waals surface area contributed by atoms with Crippen LogP contribution in [-0.2, 0) is 0 Å². The molecule has 0 saturated carbocycles. The molecule has 1 rings (SSSR count). The van der Waals surface area contributed by atoms with E-state index in [-0.39, 0.29) is 0 Å². The van der Waals surface area contributed by atoms with Gasteiger partial charge in [0.25, 0.3) is 0 Å². The maximum absolute atomic E-state index is 4.56. The van der Waals surface area contributed by atoms with Crippen LogP contribution < -0.4 is 10.2 Å². The van der Waals surface area contributed by atoms with Gasteiger partial charge in [0.15, 0.2) is 5.82 Å². The van der Waals surface area contributed by atoms with Gasteiger partial charge in [-0.15, -0.1) is 0 Å². The van der Waals surface area contributed by atoms with Gasteiger partial charge >= 0.3 is 0 Å². The Morgan fingerprint density at radius 3 is 2.38 bits per heavy atom. The van der Waals surface area contributed by atoms with Gasteiger partial charge in [0, 0.05) is 25.8 Å². The van der Waals surface area contributed by atoms with Crippen molar-refractivity contribution in [2.24, 2.45) is 0 Å². The summed E-state index contributed by atoms with van der Waals surface area (Å²) in [4.78, 5) is 6.61. The van der Waals surface area contributed by atoms with Crippen molar-refractivity contribution in [3.8, 4) is 0 Å². The third kappa shape index (κ3) is 3.12. The maximum atomic E-state index is 4.56. The minimum Gasteiger partial charge on any atom is -0.379 e. The van der Waals surface area contributed by atoms with Gasteiger partial charge < -0.3 is 10.2 Å². The van der Waals surface area contributed by atoms with Crippen LogP contribution in [0, 0.1) is 6.92 Å². The molecule has 0 unspecified atom stereocenters. The van der Waals surface area contributed by atoms with Crippen LogP contribution in [0.4, 0.5) is 11.5 Å². The zero-order valence-electron chi connectivity index (χ0n) is 11.0. The minimum absolute atomic E-state index is 0.531. The van der Waals surface area contributed by atoms with E-state index < -0.39 is 0 Å². The van der Waals surface area contributed by atoms with Crippen LogP contribution in [0.2, 0.25) is 0 Å². The van der Waals surface area contributed by atoms with Crippen molar-refractivity contribution < 1.29 is 0 Å². The predicted molar refractivity (Wildman–Crippen MR) is 71.3 cm³/mol. The van der Waals surface area contributed by atoms with E-state index in [1.807, 2.05) is 21.0 Å². The molecule has 16 heavy (non-hydrogen) atoms. The quantitative estimate of drug-likeness (QED) is 0.828. The van der Waals surface area contributed by atoms with Crippen LogP contribution in [0.15, 0.2) is 12.1 Å². The molecule has 0 amide bonds. The first-order valence-electron chi connectivity index (χ1n) is 6.00. The number of aryl methyl sites for hydroxylation is 1. The molecule has 3 nitrogen and oxygen atoms in total. The molecule has 1 aromatic rings. The standard InChI is InChI=1S/C13H23N3/c1-6-11(7-2)15-12-9-8-10(3)14-13(12)16(4)5/h8-9,11,15H,6-7H2,1-5H3. The van der Waals surface area contributed by atoms with E-state index >= 15 is 0 Å². The highest BCUT2D eigenvalue weighted by Gasteiger charge is 2.10. The van der Waals surface area contributed by atoms with Crippen molar-refractivity contribution >= 4 is 11.5 Å². The van der Waals surface area contributed by atoms with Crippen molar-refractivity contribution in [2.45, 2.75) is 39.7 Å². The van der Waals surface area contributed by atoms with Gasteiger partial charge in [-0.1, -0.05) is 13.8 Å². The number of hydrogen-bond acceptors (Lipinski definition) is 3. The average molecular weight is 221 g/mol. The van der Waals surface area contributed by atoms with Crippen LogP contribution in [0.1, 0.15) is 32.4 Å². The number of rotatable bonds is 5. The van der Waals surface area contributed by atoms with E-state index in [9.17, 15) is 0 Å². The molecule has 1 N–H and O–H groups in total. The van der Waals surface area contributed by atoms with Gasteiger partial charge in [0.1, 0.15) is 0 Å². The second kappa shape index (κ2) is 5.73. The maximum Gasteiger partial charge on any atom is 0.151 e. The molecule has 0 aliphatic heterocycles. The van der Waals surface area contributed by atoms with Crippen LogP contribution >= 0.6 is 0 Å². The summed E-state index contributed by atoms with van der Waals surface area (Å²) in [5.41, 5.74) is 2.18. The zero-order valence-corrected chi connectivity index (χ0v) is 11.0. The lowest BCUT2D eigenvalue weighted by Crippen LogP contribution is -2.21. The Kier molecular flexibility index (Phi) is 4.59. The van der Waals surface area contributed by atoms with Crippen molar-refractivity contribution in [3.63, 3.8) is 0 Å². The fraction of sp³-hybridized carbons (Fsp3) is 0.615. The molecule has 0 aliphatic rings. The van der Waals surface area contributed by atoms with E-state index in [0.717, 1.165) is 30.0 Å². The van der Waals surface area contributed by atoms with Crippen LogP contribution in [0.3, 0.4) is 0 Å². The number of nitrogens with one attached hydrogen (secondary N) is 1. The fourth-order valence-electron chi connectivity index (χ4n) is 1.71. The summed E-state index contributed by atoms with van der Waals surface area (Å²) in [5, 5.41) is 3.55. The Balaban J connectivity index is 2.94. The van der Waals surface area contributed by atoms with Gasteiger partial charge in [-0.3, -0.25) is 0 Å². The Hall–Kier alpha value is -1.25. The summed E-state index contributed by atoms with van der Waals surface area (Å²) < 4.78 is 0. The molecule has 0 radical (unpaired) electrons. The minimum atomic E-state index is 0.531. The number of hydrogen-bond donors (Lipinski definition) is 1. The number of anilines is 2. The van der Waals surface area contributed by atoms with Gasteiger partial charge in [-0.05, 0) is 31.9 Å². The van der Waals surface area contributed by atoms with Crippen molar-refractivity contribution in [1.82, 2.24) is 4.98 Å². The summed E-state index contributed by atoms with van der Waals surface area (Å²) in [5.74, 6) is 1.02. The lowest BCUT2D eigenvalue weighted by Gasteiger charge is -2.22. The molecule has 90 valence electrons. The number of pyridine rings is 1. The van der Waals surface area contributed by atoms with E-state index in [1.54, 1.807) is 0 Å². The van der Waals surface area contributed by atoms with E-state index in [4.69, 9.17) is 0 Å². The molecular weight excluding hydrogens is 198 g/mol. The summed E-state index contributed by atoms with van der Waals surface area (Å²) in [7, 11) is 4.06. The summed E-state index contributed by atoms with van der Waals surface area (Å²) in [6, 6.07) is 4.71. The molecular formula is C13H23N3. The highest BCUT2D eigenvalue weighted by molar-refractivity contribution is 5.65. The first kappa shape index (κ1) is 12.8. The lowest BCUT2D eigenvalue weighted by molar-refractivity contribution is 0.671. The molecule has 0 spiro atoms. The second-order valence-electron chi connectivity index (χ2n) is 4.38. The highest BCUT2D eigenvalue weighted by atomic mass is 15.2. The van der Waals surface area contributed by atoms with Crippen molar-refractivity contribution in [3.05, 3.63) is 17.8 Å². The molecule has 1 aromatic heterocycles. The zero-order chi connectivity index (χ0) is 12.1. The molecule has 0 fully saturated rings. The smallest absolute Gasteiger partial charge is 0.151 e. The fourth-order valence-corrected chi connectivity index (χ4v) is 1.71. The van der Waals surface area contributed by atoms with Crippen molar-refractivity contribution in [1.29, 1.82) is 0 Å². The monoisotopic (exact) mass is 221 g/mol. The highest BCUT2D eigenvalue weighted by Crippen LogP contribution is 2.23. The van der Waals surface area contributed by atoms with Gasteiger partial charge in [0.2, 0.25) is 0 Å². The molecule has 1 heterocycles. The second-order valence-corrected chi connectivity index (χ2v) is 4.38. The molecule has 0 atom stereocenters. The van der Waals surface area contributed by atoms with Crippen LogP contribution in [0.25, 0.3) is 0 Å². The Bertz CT molecular complexity index is 330. The lowest BCUT2D eigenvalue weighted by atomic mass is 10.1. The van der Waals surface area contributed by atoms with Crippen LogP contribution in [-0.4, -0.2) is 25.1 Å². The summed E-state index contributed by atoms with van der Waals surface area (Å²) in [6.07, 6.45) is 2.27. The number of nitrogens with zero attached hydrogens (tertiary/aromatic N) is 2. The summed E-state index contributed by atoms with van der Waals surface area (Å²) >= 11 is 0. The number of aromatic nitrogens is 1. The first-order valence-corrected chi connectivity index (χ1v) is 6.00. The molecule has 0 bridgehead atoms. The Labute approximate surface area is 98.9 Å². The first-order chi connectivity index (χ1) is 7.58. The van der Waals surface area contributed by atoms with Crippen LogP contribution in [0.5, 0.6) is 0 Å². The van der Waals surface area contributed by atoms with Gasteiger partial charge in [-0.25, -0.2) is 4.98 Å². The average Bonchev–Trinajstić information content (AvgIpc) is 2.27. The van der Waals surface area contributed by atoms with E-state index in [1.165, 1.54) is 0 Å². The topological polar surface area (TPSA) is 28.2 Å². The normalized spacial score (nSPS) is 10.6. The molecule has 0 saturated heterocycles. The summed E-state index contributed by atoms with van der Waals surface area (Å²) in [6.45, 7) is 6.43. The van der Waals surface area contributed by atoms with E-state index in [2.05, 4.69) is 41.2 Å². The third-order valence-electron chi connectivity index (χ3n) is 2.78. The molecule has 3 heteroatoms. The molecule has 0 aliphatic carbocycles. The SMILES string of the molecule is CCC(CC)Nc1ccc(C)nc1N(C)C. The Morgan fingerprint density at radius 1 is 1.25 bits per heavy atom. The van der Waals surface area contributed by atoms with E-state index in [0.29, 0.717) is 6.04 Å². The predicted octanol–water partition coefficient (Wildman–Crippen LogP) is 3.06. The third-order valence-corrected chi connectivity index (χ3v) is 2.78. The largest absolute Gasteiger partial charge is 0.379 e. The van der Waals surface area contributed by atoms with Crippen molar-refractivity contribution in [2.75, 3.05) is 24.3 Å². The molecule has 0 aromatic carbocycles. The van der Waals surface area contributed by atoms with Gasteiger partial charge in [-0.2, -0.15) is 0 Å². The Morgan fingerprint density at radius 2 is 1.88 bits per heavy atom. The van der Waals surface area contributed by atoms with Gasteiger partial charge in [0.05, 0.1) is 5.69 Å².